The van der Waals surface area contributed by atoms with Crippen LogP contribution < -0.4 is 10.6 Å². The van der Waals surface area contributed by atoms with Gasteiger partial charge in [0, 0.05) is 19.1 Å². The van der Waals surface area contributed by atoms with E-state index in [1.165, 1.54) is 4.90 Å². The average Bonchev–Trinajstić information content (AvgIpc) is 3.56. The summed E-state index contributed by atoms with van der Waals surface area (Å²) in [5, 5.41) is 6.09. The van der Waals surface area contributed by atoms with E-state index < -0.39 is 29.6 Å². The third-order valence-corrected chi connectivity index (χ3v) is 7.26. The van der Waals surface area contributed by atoms with Gasteiger partial charge >= 0.3 is 0 Å². The largest absolute Gasteiger partial charge is 0.359 e. The summed E-state index contributed by atoms with van der Waals surface area (Å²) in [6.45, 7) is 4.38. The van der Waals surface area contributed by atoms with Crippen LogP contribution in [-0.4, -0.2) is 53.0 Å². The molecule has 5 rings (SSSR count). The first-order chi connectivity index (χ1) is 15.5. The first kappa shape index (κ1) is 20.9. The monoisotopic (exact) mass is 435 g/mol. The van der Waals surface area contributed by atoms with Crippen molar-refractivity contribution in [1.82, 2.24) is 15.5 Å². The predicted octanol–water partition coefficient (Wildman–Crippen LogP) is 1.70. The molecule has 0 radical (unpaired) electrons. The highest BCUT2D eigenvalue weighted by Gasteiger charge is 2.72. The third kappa shape index (κ3) is 3.26. The molecule has 3 heterocycles. The molecule has 7 nitrogen and oxygen atoms in total. The Bertz CT molecular complexity index is 955. The van der Waals surface area contributed by atoms with Gasteiger partial charge in [-0.2, -0.15) is 0 Å². The molecule has 1 aliphatic carbocycles. The first-order valence-electron chi connectivity index (χ1n) is 11.5. The summed E-state index contributed by atoms with van der Waals surface area (Å²) in [6.07, 6.45) is 8.88. The highest BCUT2D eigenvalue weighted by atomic mass is 16.5. The molecule has 2 saturated heterocycles. The summed E-state index contributed by atoms with van der Waals surface area (Å²) in [6, 6.07) is 8.97. The summed E-state index contributed by atoms with van der Waals surface area (Å²) in [4.78, 5) is 41.6. The van der Waals surface area contributed by atoms with Crippen LogP contribution in [0.1, 0.15) is 31.2 Å². The number of carbonyl (C=O) groups is 3. The number of benzene rings is 1. The Hall–Kier alpha value is -2.93. The minimum atomic E-state index is -1.11. The van der Waals surface area contributed by atoms with Gasteiger partial charge in [-0.15, -0.1) is 6.58 Å². The van der Waals surface area contributed by atoms with E-state index in [-0.39, 0.29) is 30.3 Å². The van der Waals surface area contributed by atoms with E-state index in [1.807, 2.05) is 42.5 Å². The highest BCUT2D eigenvalue weighted by Crippen LogP contribution is 2.55. The minimum absolute atomic E-state index is 0.131. The number of fused-ring (bicyclic) bond motifs is 1. The first-order valence-corrected chi connectivity index (χ1v) is 11.5. The molecule has 2 bridgehead atoms. The van der Waals surface area contributed by atoms with E-state index in [2.05, 4.69) is 17.2 Å². The number of rotatable bonds is 7. The van der Waals surface area contributed by atoms with Gasteiger partial charge in [0.05, 0.1) is 17.9 Å². The second kappa shape index (κ2) is 8.20. The van der Waals surface area contributed by atoms with Gasteiger partial charge in [0.2, 0.25) is 17.7 Å². The topological polar surface area (TPSA) is 87.7 Å². The molecule has 32 heavy (non-hydrogen) atoms. The van der Waals surface area contributed by atoms with Gasteiger partial charge in [-0.1, -0.05) is 61.4 Å². The lowest BCUT2D eigenvalue weighted by Crippen LogP contribution is -2.56. The van der Waals surface area contributed by atoms with Crippen LogP contribution in [0, 0.1) is 11.8 Å². The molecule has 7 heteroatoms. The van der Waals surface area contributed by atoms with E-state index in [0.29, 0.717) is 6.54 Å². The van der Waals surface area contributed by atoms with Crippen LogP contribution in [0.4, 0.5) is 0 Å². The van der Waals surface area contributed by atoms with Crippen molar-refractivity contribution in [2.75, 3.05) is 6.54 Å². The minimum Gasteiger partial charge on any atom is -0.359 e. The second-order valence-corrected chi connectivity index (χ2v) is 9.17. The fourth-order valence-corrected chi connectivity index (χ4v) is 5.86. The van der Waals surface area contributed by atoms with Crippen LogP contribution in [0.5, 0.6) is 0 Å². The van der Waals surface area contributed by atoms with Gasteiger partial charge in [0.15, 0.2) is 0 Å². The Labute approximate surface area is 187 Å². The molecule has 168 valence electrons. The Kier molecular flexibility index (Phi) is 5.37. The number of hydrogen-bond donors (Lipinski definition) is 2. The summed E-state index contributed by atoms with van der Waals surface area (Å²) in [5.41, 5.74) is -0.127. The molecule has 0 aromatic heterocycles. The number of nitrogens with one attached hydrogen (secondary N) is 2. The Balaban J connectivity index is 1.39. The number of carbonyl (C=O) groups excluding carboxylic acids is 3. The number of amides is 3. The zero-order chi connectivity index (χ0) is 22.3. The molecule has 1 spiro atoms. The Morgan fingerprint density at radius 1 is 1.19 bits per heavy atom. The SMILES string of the molecule is C=CCN1C(=O)[C@H]2[C@H](C(=O)NCc3ccccc3)[C@@H]3C=C[C@]2(O3)[C@H]1C(=O)NC1CCCC1. The molecule has 3 fully saturated rings. The summed E-state index contributed by atoms with van der Waals surface area (Å²) in [7, 11) is 0. The van der Waals surface area contributed by atoms with E-state index in [0.717, 1.165) is 31.2 Å². The highest BCUT2D eigenvalue weighted by molar-refractivity contribution is 6.00. The van der Waals surface area contributed by atoms with Crippen molar-refractivity contribution >= 4 is 17.7 Å². The molecule has 4 aliphatic rings. The number of ether oxygens (including phenoxy) is 1. The summed E-state index contributed by atoms with van der Waals surface area (Å²) < 4.78 is 6.29. The lowest BCUT2D eigenvalue weighted by Gasteiger charge is -2.32. The maximum Gasteiger partial charge on any atom is 0.246 e. The molecule has 1 saturated carbocycles. The predicted molar refractivity (Wildman–Crippen MR) is 118 cm³/mol. The maximum atomic E-state index is 13.5. The lowest BCUT2D eigenvalue weighted by molar-refractivity contribution is -0.141. The standard InChI is InChI=1S/C25H29N3O4/c1-2-14-28-21(23(30)27-17-10-6-7-11-17)25-13-12-18(32-25)19(20(25)24(28)31)22(29)26-15-16-8-4-3-5-9-16/h2-5,8-9,12-13,17-21H,1,6-7,10-11,14-15H2,(H,26,29)(H,27,30)/t18-,19+,20+,21+,25+/m0/s1. The maximum absolute atomic E-state index is 13.5. The van der Waals surface area contributed by atoms with Crippen molar-refractivity contribution in [3.05, 3.63) is 60.7 Å². The van der Waals surface area contributed by atoms with Gasteiger partial charge in [-0.3, -0.25) is 14.4 Å². The molecular weight excluding hydrogens is 406 g/mol. The van der Waals surface area contributed by atoms with Crippen molar-refractivity contribution in [3.8, 4) is 0 Å². The Morgan fingerprint density at radius 3 is 2.66 bits per heavy atom. The van der Waals surface area contributed by atoms with Gasteiger partial charge in [0.1, 0.15) is 11.6 Å². The molecule has 3 aliphatic heterocycles. The van der Waals surface area contributed by atoms with Crippen molar-refractivity contribution in [1.29, 1.82) is 0 Å². The van der Waals surface area contributed by atoms with Gasteiger partial charge in [0.25, 0.3) is 0 Å². The zero-order valence-electron chi connectivity index (χ0n) is 18.0. The zero-order valence-corrected chi connectivity index (χ0v) is 18.0. The second-order valence-electron chi connectivity index (χ2n) is 9.17. The Morgan fingerprint density at radius 2 is 1.94 bits per heavy atom. The van der Waals surface area contributed by atoms with Crippen molar-refractivity contribution in [3.63, 3.8) is 0 Å². The van der Waals surface area contributed by atoms with E-state index in [4.69, 9.17) is 4.74 Å². The van der Waals surface area contributed by atoms with Gasteiger partial charge in [-0.05, 0) is 18.4 Å². The summed E-state index contributed by atoms with van der Waals surface area (Å²) in [5.74, 6) is -2.02. The average molecular weight is 436 g/mol. The van der Waals surface area contributed by atoms with E-state index in [1.54, 1.807) is 6.08 Å². The van der Waals surface area contributed by atoms with Crippen LogP contribution >= 0.6 is 0 Å². The van der Waals surface area contributed by atoms with Gasteiger partial charge in [-0.25, -0.2) is 0 Å². The molecule has 5 atom stereocenters. The van der Waals surface area contributed by atoms with Gasteiger partial charge < -0.3 is 20.3 Å². The van der Waals surface area contributed by atoms with Crippen LogP contribution in [0.15, 0.2) is 55.1 Å². The lowest BCUT2D eigenvalue weighted by atomic mass is 9.74. The fourth-order valence-electron chi connectivity index (χ4n) is 5.86. The van der Waals surface area contributed by atoms with Crippen LogP contribution in [0.3, 0.4) is 0 Å². The van der Waals surface area contributed by atoms with Crippen molar-refractivity contribution in [2.24, 2.45) is 11.8 Å². The van der Waals surface area contributed by atoms with E-state index in [9.17, 15) is 14.4 Å². The van der Waals surface area contributed by atoms with Crippen molar-refractivity contribution in [2.45, 2.75) is 56.0 Å². The molecule has 1 aromatic carbocycles. The quantitative estimate of drug-likeness (QED) is 0.638. The number of hydrogen-bond acceptors (Lipinski definition) is 4. The van der Waals surface area contributed by atoms with E-state index >= 15 is 0 Å². The molecule has 3 amide bonds. The normalized spacial score (nSPS) is 32.9. The third-order valence-electron chi connectivity index (χ3n) is 7.26. The number of nitrogens with zero attached hydrogens (tertiary/aromatic N) is 1. The molecule has 1 aromatic rings. The molecular formula is C25H29N3O4. The van der Waals surface area contributed by atoms with Crippen LogP contribution in [-0.2, 0) is 25.7 Å². The van der Waals surface area contributed by atoms with Crippen molar-refractivity contribution < 1.29 is 19.1 Å². The smallest absolute Gasteiger partial charge is 0.246 e. The molecule has 0 unspecified atom stereocenters. The summed E-state index contributed by atoms with van der Waals surface area (Å²) >= 11 is 0. The molecule has 2 N–H and O–H groups in total. The fraction of sp³-hybridized carbons (Fsp3) is 0.480. The number of likely N-dealkylation sites (tertiary alicyclic amines) is 1. The van der Waals surface area contributed by atoms with Crippen LogP contribution in [0.2, 0.25) is 0 Å². The van der Waals surface area contributed by atoms with Crippen LogP contribution in [0.25, 0.3) is 0 Å².